The van der Waals surface area contributed by atoms with Gasteiger partial charge in [0.1, 0.15) is 5.76 Å². The average Bonchev–Trinajstić information content (AvgIpc) is 3.17. The van der Waals surface area contributed by atoms with Gasteiger partial charge in [-0.2, -0.15) is 0 Å². The van der Waals surface area contributed by atoms with Gasteiger partial charge in [0.25, 0.3) is 5.91 Å². The van der Waals surface area contributed by atoms with E-state index in [1.807, 2.05) is 73.7 Å². The van der Waals surface area contributed by atoms with Crippen molar-refractivity contribution in [3.8, 4) is 0 Å². The maximum absolute atomic E-state index is 13.4. The Morgan fingerprint density at radius 3 is 2.20 bits per heavy atom. The molecule has 0 bridgehead atoms. The third-order valence-corrected chi connectivity index (χ3v) is 4.19. The van der Waals surface area contributed by atoms with Crippen LogP contribution in [0.1, 0.15) is 24.5 Å². The topological polar surface area (TPSA) is 42.7 Å². The Labute approximate surface area is 146 Å². The maximum Gasteiger partial charge on any atom is 0.265 e. The van der Waals surface area contributed by atoms with Gasteiger partial charge >= 0.3 is 0 Å². The first-order chi connectivity index (χ1) is 12.3. The fourth-order valence-corrected chi connectivity index (χ4v) is 3.05. The molecule has 2 heterocycles. The molecular formula is C21H17NO3. The largest absolute Gasteiger partial charge is 0.466 e. The van der Waals surface area contributed by atoms with Crippen LogP contribution in [0.4, 0.5) is 5.69 Å². The molecule has 1 aliphatic heterocycles. The molecule has 1 aromatic heterocycles. The number of carbonyl (C=O) groups excluding carboxylic acids is 1. The molecule has 0 unspecified atom stereocenters. The monoisotopic (exact) mass is 331 g/mol. The zero-order chi connectivity index (χ0) is 17.2. The number of anilines is 1. The third-order valence-electron chi connectivity index (χ3n) is 4.19. The highest BCUT2D eigenvalue weighted by atomic mass is 16.5. The van der Waals surface area contributed by atoms with E-state index < -0.39 is 6.23 Å². The van der Waals surface area contributed by atoms with Crippen LogP contribution in [0.25, 0.3) is 5.57 Å². The van der Waals surface area contributed by atoms with Gasteiger partial charge in [0.05, 0.1) is 11.8 Å². The minimum atomic E-state index is -0.627. The lowest BCUT2D eigenvalue weighted by atomic mass is 10.0. The van der Waals surface area contributed by atoms with E-state index in [9.17, 15) is 4.79 Å². The highest BCUT2D eigenvalue weighted by molar-refractivity contribution is 6.27. The Balaban J connectivity index is 1.85. The van der Waals surface area contributed by atoms with Crippen molar-refractivity contribution in [3.05, 3.63) is 96.1 Å². The summed E-state index contributed by atoms with van der Waals surface area (Å²) >= 11 is 0. The number of para-hydroxylation sites is 1. The molecule has 4 heteroatoms. The highest BCUT2D eigenvalue weighted by Gasteiger charge is 2.38. The summed E-state index contributed by atoms with van der Waals surface area (Å²) in [6.45, 7) is 1.82. The standard InChI is InChI=1S/C21H17NO3/c1-15-19(16-9-4-2-5-10-16)20(23)22(17-11-6-3-7-12-17)21(25-15)18-13-8-14-24-18/h2-14,21H,1H3/t21-/m1/s1. The summed E-state index contributed by atoms with van der Waals surface area (Å²) in [5.74, 6) is 1.07. The molecule has 0 N–H and O–H groups in total. The van der Waals surface area contributed by atoms with Crippen molar-refractivity contribution >= 4 is 17.2 Å². The number of benzene rings is 2. The van der Waals surface area contributed by atoms with Gasteiger partial charge in [0, 0.05) is 5.69 Å². The highest BCUT2D eigenvalue weighted by Crippen LogP contribution is 2.39. The summed E-state index contributed by atoms with van der Waals surface area (Å²) < 4.78 is 11.6. The van der Waals surface area contributed by atoms with Crippen LogP contribution in [-0.2, 0) is 9.53 Å². The van der Waals surface area contributed by atoms with Crippen molar-refractivity contribution in [2.45, 2.75) is 13.2 Å². The SMILES string of the molecule is CC1=C(c2ccccc2)C(=O)N(c2ccccc2)[C@@H](c2ccco2)O1. The lowest BCUT2D eigenvalue weighted by Gasteiger charge is -2.36. The molecule has 1 aliphatic rings. The molecule has 4 rings (SSSR count). The van der Waals surface area contributed by atoms with E-state index in [4.69, 9.17) is 9.15 Å². The number of furan rings is 1. The van der Waals surface area contributed by atoms with Crippen LogP contribution < -0.4 is 4.90 Å². The second kappa shape index (κ2) is 6.32. The number of allylic oxidation sites excluding steroid dienone is 1. The first kappa shape index (κ1) is 15.3. The first-order valence-electron chi connectivity index (χ1n) is 8.10. The van der Waals surface area contributed by atoms with Gasteiger partial charge in [-0.15, -0.1) is 0 Å². The van der Waals surface area contributed by atoms with E-state index in [0.29, 0.717) is 17.1 Å². The minimum Gasteiger partial charge on any atom is -0.466 e. The second-order valence-corrected chi connectivity index (χ2v) is 5.79. The van der Waals surface area contributed by atoms with Crippen LogP contribution >= 0.6 is 0 Å². The molecule has 124 valence electrons. The molecule has 0 saturated carbocycles. The molecule has 4 nitrogen and oxygen atoms in total. The summed E-state index contributed by atoms with van der Waals surface area (Å²) in [5.41, 5.74) is 2.16. The van der Waals surface area contributed by atoms with Crippen LogP contribution in [0.3, 0.4) is 0 Å². The molecule has 1 atom stereocenters. The molecule has 0 fully saturated rings. The fourth-order valence-electron chi connectivity index (χ4n) is 3.05. The van der Waals surface area contributed by atoms with Crippen molar-refractivity contribution in [2.75, 3.05) is 4.90 Å². The number of carbonyl (C=O) groups is 1. The van der Waals surface area contributed by atoms with Gasteiger partial charge in [-0.3, -0.25) is 9.69 Å². The summed E-state index contributed by atoms with van der Waals surface area (Å²) in [5, 5.41) is 0. The normalized spacial score (nSPS) is 17.6. The number of nitrogens with zero attached hydrogens (tertiary/aromatic N) is 1. The zero-order valence-corrected chi connectivity index (χ0v) is 13.8. The molecule has 0 radical (unpaired) electrons. The summed E-state index contributed by atoms with van der Waals surface area (Å²) in [6, 6.07) is 22.7. The molecule has 25 heavy (non-hydrogen) atoms. The molecule has 3 aromatic rings. The molecule has 0 spiro atoms. The predicted octanol–water partition coefficient (Wildman–Crippen LogP) is 4.77. The predicted molar refractivity (Wildman–Crippen MR) is 95.5 cm³/mol. The molecule has 0 aliphatic carbocycles. The number of rotatable bonds is 3. The Bertz CT molecular complexity index is 899. The Hall–Kier alpha value is -3.27. The smallest absolute Gasteiger partial charge is 0.265 e. The summed E-state index contributed by atoms with van der Waals surface area (Å²) in [4.78, 5) is 15.0. The van der Waals surface area contributed by atoms with Gasteiger partial charge in [-0.25, -0.2) is 0 Å². The fraction of sp³-hybridized carbons (Fsp3) is 0.0952. The minimum absolute atomic E-state index is 0.109. The van der Waals surface area contributed by atoms with Crippen LogP contribution in [0, 0.1) is 0 Å². The van der Waals surface area contributed by atoms with Crippen molar-refractivity contribution < 1.29 is 13.9 Å². The van der Waals surface area contributed by atoms with E-state index in [2.05, 4.69) is 0 Å². The van der Waals surface area contributed by atoms with Crippen LogP contribution in [0.2, 0.25) is 0 Å². The lowest BCUT2D eigenvalue weighted by Crippen LogP contribution is -2.40. The number of amides is 1. The number of hydrogen-bond acceptors (Lipinski definition) is 3. The zero-order valence-electron chi connectivity index (χ0n) is 13.8. The quantitative estimate of drug-likeness (QED) is 0.694. The van der Waals surface area contributed by atoms with Gasteiger partial charge < -0.3 is 9.15 Å². The van der Waals surface area contributed by atoms with Crippen molar-refractivity contribution in [2.24, 2.45) is 0 Å². The number of ether oxygens (including phenoxy) is 1. The molecule has 1 amide bonds. The van der Waals surface area contributed by atoms with Crippen LogP contribution in [0.15, 0.2) is 89.2 Å². The van der Waals surface area contributed by atoms with E-state index in [1.54, 1.807) is 17.2 Å². The third kappa shape index (κ3) is 2.72. The van der Waals surface area contributed by atoms with E-state index in [0.717, 1.165) is 11.3 Å². The van der Waals surface area contributed by atoms with Gasteiger partial charge in [0.2, 0.25) is 6.23 Å². The van der Waals surface area contributed by atoms with Gasteiger partial charge in [-0.1, -0.05) is 48.5 Å². The summed E-state index contributed by atoms with van der Waals surface area (Å²) in [6.07, 6.45) is 0.954. The van der Waals surface area contributed by atoms with E-state index in [-0.39, 0.29) is 5.91 Å². The van der Waals surface area contributed by atoms with E-state index in [1.165, 1.54) is 0 Å². The maximum atomic E-state index is 13.4. The van der Waals surface area contributed by atoms with Crippen molar-refractivity contribution in [1.82, 2.24) is 0 Å². The Morgan fingerprint density at radius 1 is 0.880 bits per heavy atom. The molecule has 2 aromatic carbocycles. The van der Waals surface area contributed by atoms with Crippen LogP contribution in [-0.4, -0.2) is 5.91 Å². The second-order valence-electron chi connectivity index (χ2n) is 5.79. The van der Waals surface area contributed by atoms with Gasteiger partial charge in [-0.05, 0) is 36.8 Å². The van der Waals surface area contributed by atoms with Crippen molar-refractivity contribution in [3.63, 3.8) is 0 Å². The number of hydrogen-bond donors (Lipinski definition) is 0. The molecule has 0 saturated heterocycles. The van der Waals surface area contributed by atoms with E-state index >= 15 is 0 Å². The first-order valence-corrected chi connectivity index (χ1v) is 8.10. The summed E-state index contributed by atoms with van der Waals surface area (Å²) in [7, 11) is 0. The Kier molecular flexibility index (Phi) is 3.86. The van der Waals surface area contributed by atoms with Crippen molar-refractivity contribution in [1.29, 1.82) is 0 Å². The average molecular weight is 331 g/mol. The lowest BCUT2D eigenvalue weighted by molar-refractivity contribution is -0.117. The van der Waals surface area contributed by atoms with Crippen LogP contribution in [0.5, 0.6) is 0 Å². The van der Waals surface area contributed by atoms with Gasteiger partial charge in [0.15, 0.2) is 5.76 Å². The Morgan fingerprint density at radius 2 is 1.56 bits per heavy atom. The molecular weight excluding hydrogens is 314 g/mol.